The second kappa shape index (κ2) is 10.5. The van der Waals surface area contributed by atoms with Crippen molar-refractivity contribution >= 4 is 5.97 Å². The summed E-state index contributed by atoms with van der Waals surface area (Å²) in [6, 6.07) is 8.46. The lowest BCUT2D eigenvalue weighted by Gasteiger charge is -2.42. The minimum Gasteiger partial charge on any atom is -0.497 e. The number of hydrogen-bond acceptors (Lipinski definition) is 3. The first-order chi connectivity index (χ1) is 16.0. The van der Waals surface area contributed by atoms with Crippen molar-refractivity contribution in [3.63, 3.8) is 0 Å². The molecule has 2 aromatic carbocycles. The summed E-state index contributed by atoms with van der Waals surface area (Å²) in [6.07, 6.45) is 11.3. The topological polar surface area (TPSA) is 35.5 Å². The number of carbonyl (C=O) groups is 1. The van der Waals surface area contributed by atoms with Gasteiger partial charge in [-0.05, 0) is 98.4 Å². The summed E-state index contributed by atoms with van der Waals surface area (Å²) in [4.78, 5) is 12.5. The lowest BCUT2D eigenvalue weighted by Crippen LogP contribution is -2.30. The van der Waals surface area contributed by atoms with Crippen LogP contribution in [0.5, 0.6) is 11.5 Å². The average molecular weight is 455 g/mol. The summed E-state index contributed by atoms with van der Waals surface area (Å²) in [5.41, 5.74) is 0.747. The molecule has 0 aromatic heterocycles. The van der Waals surface area contributed by atoms with Crippen molar-refractivity contribution in [2.45, 2.75) is 57.3 Å². The maximum Gasteiger partial charge on any atom is 0.343 e. The summed E-state index contributed by atoms with van der Waals surface area (Å²) in [5.74, 6) is 0.616. The van der Waals surface area contributed by atoms with Gasteiger partial charge in [0.05, 0.1) is 12.7 Å². The van der Waals surface area contributed by atoms with Crippen LogP contribution in [-0.2, 0) is 0 Å². The molecular weight excluding hydrogens is 422 g/mol. The van der Waals surface area contributed by atoms with E-state index in [1.807, 2.05) is 6.08 Å². The molecule has 0 heterocycles. The van der Waals surface area contributed by atoms with Gasteiger partial charge in [0.1, 0.15) is 11.6 Å². The van der Waals surface area contributed by atoms with Gasteiger partial charge in [0, 0.05) is 6.07 Å². The summed E-state index contributed by atoms with van der Waals surface area (Å²) >= 11 is 0. The summed E-state index contributed by atoms with van der Waals surface area (Å²) < 4.78 is 39.2. The molecule has 176 valence electrons. The minimum absolute atomic E-state index is 0.0721. The van der Waals surface area contributed by atoms with E-state index in [-0.39, 0.29) is 23.0 Å². The summed E-state index contributed by atoms with van der Waals surface area (Å²) in [7, 11) is 1.42. The van der Waals surface area contributed by atoms with Crippen LogP contribution in [0.3, 0.4) is 0 Å². The van der Waals surface area contributed by atoms with Crippen molar-refractivity contribution in [3.05, 3.63) is 71.8 Å². The highest BCUT2D eigenvalue weighted by Crippen LogP contribution is 2.48. The average Bonchev–Trinajstić information content (AvgIpc) is 2.83. The molecule has 0 bridgehead atoms. The van der Waals surface area contributed by atoms with Gasteiger partial charge < -0.3 is 9.47 Å². The minimum atomic E-state index is -0.786. The lowest BCUT2D eigenvalue weighted by atomic mass is 9.63. The van der Waals surface area contributed by atoms with Crippen molar-refractivity contribution in [2.24, 2.45) is 17.8 Å². The van der Waals surface area contributed by atoms with Crippen LogP contribution in [0.15, 0.2) is 49.1 Å². The summed E-state index contributed by atoms with van der Waals surface area (Å²) in [6.45, 7) is 3.84. The second-order valence-corrected chi connectivity index (χ2v) is 9.50. The van der Waals surface area contributed by atoms with Gasteiger partial charge in [0.2, 0.25) is 0 Å². The van der Waals surface area contributed by atoms with Gasteiger partial charge in [-0.15, -0.1) is 6.58 Å². The van der Waals surface area contributed by atoms with Crippen molar-refractivity contribution in [2.75, 3.05) is 7.11 Å². The number of methoxy groups -OCH3 is 1. The Hall–Kier alpha value is -2.69. The van der Waals surface area contributed by atoms with Gasteiger partial charge in [-0.25, -0.2) is 13.6 Å². The molecule has 4 atom stereocenters. The molecule has 3 nitrogen and oxygen atoms in total. The Balaban J connectivity index is 1.39. The first-order valence-corrected chi connectivity index (χ1v) is 11.9. The molecule has 2 saturated carbocycles. The van der Waals surface area contributed by atoms with E-state index in [0.29, 0.717) is 17.2 Å². The van der Waals surface area contributed by atoms with Gasteiger partial charge in [0.15, 0.2) is 11.6 Å². The summed E-state index contributed by atoms with van der Waals surface area (Å²) in [5, 5.41) is 0. The third kappa shape index (κ3) is 5.45. The molecule has 0 spiro atoms. The highest BCUT2D eigenvalue weighted by molar-refractivity contribution is 5.91. The Kier molecular flexibility index (Phi) is 7.46. The van der Waals surface area contributed by atoms with Crippen molar-refractivity contribution in [1.82, 2.24) is 0 Å². The number of benzene rings is 2. The van der Waals surface area contributed by atoms with Gasteiger partial charge in [-0.1, -0.05) is 18.6 Å². The zero-order valence-electron chi connectivity index (χ0n) is 19.2. The largest absolute Gasteiger partial charge is 0.497 e. The quantitative estimate of drug-likeness (QED) is 0.247. The molecule has 4 rings (SSSR count). The molecule has 33 heavy (non-hydrogen) atoms. The van der Waals surface area contributed by atoms with Crippen LogP contribution in [0, 0.1) is 29.4 Å². The monoisotopic (exact) mass is 454 g/mol. The van der Waals surface area contributed by atoms with Crippen LogP contribution in [0.4, 0.5) is 8.78 Å². The van der Waals surface area contributed by atoms with E-state index in [9.17, 15) is 9.18 Å². The fraction of sp³-hybridized carbons (Fsp3) is 0.464. The van der Waals surface area contributed by atoms with E-state index in [4.69, 9.17) is 9.47 Å². The van der Waals surface area contributed by atoms with E-state index in [1.165, 1.54) is 51.0 Å². The smallest absolute Gasteiger partial charge is 0.343 e. The van der Waals surface area contributed by atoms with E-state index in [2.05, 4.69) is 6.58 Å². The number of hydrogen-bond donors (Lipinski definition) is 0. The molecule has 4 unspecified atom stereocenters. The van der Waals surface area contributed by atoms with Crippen molar-refractivity contribution in [1.29, 1.82) is 0 Å². The van der Waals surface area contributed by atoms with E-state index in [1.54, 1.807) is 12.1 Å². The third-order valence-corrected chi connectivity index (χ3v) is 7.52. The normalized spacial score (nSPS) is 24.6. The Morgan fingerprint density at radius 1 is 1.03 bits per heavy atom. The molecule has 2 aromatic rings. The Labute approximate surface area is 194 Å². The van der Waals surface area contributed by atoms with Gasteiger partial charge in [0.25, 0.3) is 0 Å². The van der Waals surface area contributed by atoms with E-state index >= 15 is 4.39 Å². The maximum absolute atomic E-state index is 15.0. The number of rotatable bonds is 7. The highest BCUT2D eigenvalue weighted by Gasteiger charge is 2.36. The molecule has 0 radical (unpaired) electrons. The van der Waals surface area contributed by atoms with Crippen LogP contribution in [-0.4, -0.2) is 13.1 Å². The SMILES string of the molecule is C=CCCC1CCC2CC(c3ccc(C(=O)Oc4ccc(OC)cc4F)cc3F)CCC2C1. The predicted octanol–water partition coefficient (Wildman–Crippen LogP) is 7.46. The number of ether oxygens (including phenoxy) is 2. The molecule has 2 aliphatic rings. The zero-order valence-corrected chi connectivity index (χ0v) is 19.2. The molecule has 0 amide bonds. The van der Waals surface area contributed by atoms with Crippen LogP contribution in [0.1, 0.15) is 73.2 Å². The Morgan fingerprint density at radius 2 is 1.82 bits per heavy atom. The number of fused-ring (bicyclic) bond motifs is 1. The number of halogens is 2. The fourth-order valence-corrected chi connectivity index (χ4v) is 5.72. The Morgan fingerprint density at radius 3 is 2.55 bits per heavy atom. The molecule has 0 aliphatic heterocycles. The number of esters is 1. The molecule has 2 aliphatic carbocycles. The molecule has 0 saturated heterocycles. The first-order valence-electron chi connectivity index (χ1n) is 11.9. The third-order valence-electron chi connectivity index (χ3n) is 7.52. The van der Waals surface area contributed by atoms with Gasteiger partial charge in [-0.3, -0.25) is 0 Å². The van der Waals surface area contributed by atoms with Crippen molar-refractivity contribution in [3.8, 4) is 11.5 Å². The maximum atomic E-state index is 15.0. The van der Waals surface area contributed by atoms with Crippen LogP contribution >= 0.6 is 0 Å². The van der Waals surface area contributed by atoms with Crippen LogP contribution in [0.25, 0.3) is 0 Å². The van der Waals surface area contributed by atoms with Crippen molar-refractivity contribution < 1.29 is 23.0 Å². The van der Waals surface area contributed by atoms with Gasteiger partial charge in [-0.2, -0.15) is 0 Å². The highest BCUT2D eigenvalue weighted by atomic mass is 19.1. The predicted molar refractivity (Wildman–Crippen MR) is 125 cm³/mol. The van der Waals surface area contributed by atoms with E-state index in [0.717, 1.165) is 43.6 Å². The zero-order chi connectivity index (χ0) is 23.4. The fourth-order valence-electron chi connectivity index (χ4n) is 5.72. The molecule has 0 N–H and O–H groups in total. The lowest BCUT2D eigenvalue weighted by molar-refractivity contribution is 0.0727. The standard InChI is InChI=1S/C28H32F2O3/c1-3-4-5-18-6-7-20-15-21(9-8-19(20)14-18)24-12-10-22(16-25(24)29)28(31)33-27-13-11-23(32-2)17-26(27)30/h3,10-13,16-21H,1,4-9,14-15H2,2H3. The van der Waals surface area contributed by atoms with Gasteiger partial charge >= 0.3 is 5.97 Å². The molecular formula is C28H32F2O3. The molecule has 2 fully saturated rings. The first kappa shape index (κ1) is 23.5. The number of carbonyl (C=O) groups excluding carboxylic acids is 1. The molecule has 5 heteroatoms. The second-order valence-electron chi connectivity index (χ2n) is 9.50. The number of allylic oxidation sites excluding steroid dienone is 1. The van der Waals surface area contributed by atoms with Crippen LogP contribution in [0.2, 0.25) is 0 Å². The van der Waals surface area contributed by atoms with E-state index < -0.39 is 11.8 Å². The Bertz CT molecular complexity index is 1000. The van der Waals surface area contributed by atoms with Crippen LogP contribution < -0.4 is 9.47 Å².